The van der Waals surface area contributed by atoms with Gasteiger partial charge in [-0.25, -0.2) is 9.97 Å². The third-order valence-electron chi connectivity index (χ3n) is 4.17. The van der Waals surface area contributed by atoms with Gasteiger partial charge in [0, 0.05) is 18.0 Å². The third-order valence-corrected chi connectivity index (χ3v) is 4.17. The van der Waals surface area contributed by atoms with E-state index < -0.39 is 0 Å². The Morgan fingerprint density at radius 3 is 2.11 bits per heavy atom. The lowest BCUT2D eigenvalue weighted by atomic mass is 10.1. The molecule has 3 heteroatoms. The summed E-state index contributed by atoms with van der Waals surface area (Å²) in [6.07, 6.45) is 21.7. The molecule has 1 heterocycles. The summed E-state index contributed by atoms with van der Waals surface area (Å²) in [5.74, 6) is 7.59. The Hall–Kier alpha value is -2.78. The topological polar surface area (TPSA) is 35.0 Å². The molecule has 0 atom stereocenters. The van der Waals surface area contributed by atoms with Gasteiger partial charge < -0.3 is 4.74 Å². The molecule has 3 nitrogen and oxygen atoms in total. The van der Waals surface area contributed by atoms with Crippen LogP contribution in [-0.4, -0.2) is 16.6 Å². The number of aryl methyl sites for hydroxylation is 1. The molecule has 0 unspecified atom stereocenters. The first-order valence-corrected chi connectivity index (χ1v) is 10.2. The second-order valence-electron chi connectivity index (χ2n) is 6.56. The van der Waals surface area contributed by atoms with Gasteiger partial charge in [-0.2, -0.15) is 0 Å². The fourth-order valence-corrected chi connectivity index (χ4v) is 2.64. The van der Waals surface area contributed by atoms with Gasteiger partial charge in [0.2, 0.25) is 5.82 Å². The molecule has 0 N–H and O–H groups in total. The van der Waals surface area contributed by atoms with Crippen LogP contribution in [0.25, 0.3) is 0 Å². The van der Waals surface area contributed by atoms with Gasteiger partial charge in [-0.1, -0.05) is 51.9 Å². The normalized spacial score (nSPS) is 9.57. The van der Waals surface area contributed by atoms with E-state index in [9.17, 15) is 0 Å². The van der Waals surface area contributed by atoms with Crippen LogP contribution in [0.5, 0.6) is 5.75 Å². The van der Waals surface area contributed by atoms with E-state index in [2.05, 4.69) is 48.5 Å². The highest BCUT2D eigenvalue weighted by atomic mass is 16.5. The Labute approximate surface area is 171 Å². The monoisotopic (exact) mass is 376 g/mol. The quantitative estimate of drug-likeness (QED) is 0.387. The maximum absolute atomic E-state index is 5.57. The summed E-state index contributed by atoms with van der Waals surface area (Å²) in [7, 11) is 0. The van der Waals surface area contributed by atoms with Crippen molar-refractivity contribution in [1.29, 1.82) is 0 Å². The average molecular weight is 377 g/mol. The molecular weight excluding hydrogens is 344 g/mol. The van der Waals surface area contributed by atoms with Crippen molar-refractivity contribution in [2.75, 3.05) is 6.61 Å². The number of ether oxygens (including phenoxy) is 1. The molecule has 0 bridgehead atoms. The van der Waals surface area contributed by atoms with Crippen LogP contribution in [0.2, 0.25) is 0 Å². The number of unbranched alkanes of at least 4 members (excludes halogenated alkanes) is 5. The third kappa shape index (κ3) is 9.79. The first-order valence-electron chi connectivity index (χ1n) is 10.2. The SMILES string of the molecule is C#C.CCCCCCCCc1cnc(C#Cc2ccc(OCCC)cc2)nc1. The van der Waals surface area contributed by atoms with Gasteiger partial charge in [0.15, 0.2) is 0 Å². The van der Waals surface area contributed by atoms with Crippen LogP contribution >= 0.6 is 0 Å². The largest absolute Gasteiger partial charge is 0.494 e. The highest BCUT2D eigenvalue weighted by molar-refractivity contribution is 5.40. The van der Waals surface area contributed by atoms with Crippen molar-refractivity contribution in [3.05, 3.63) is 53.6 Å². The van der Waals surface area contributed by atoms with E-state index in [0.29, 0.717) is 5.82 Å². The molecular formula is C25H32N2O. The Morgan fingerprint density at radius 2 is 1.46 bits per heavy atom. The lowest BCUT2D eigenvalue weighted by Gasteiger charge is -2.03. The molecule has 0 aliphatic carbocycles. The van der Waals surface area contributed by atoms with Crippen molar-refractivity contribution in [3.8, 4) is 30.4 Å². The molecule has 0 amide bonds. The zero-order valence-corrected chi connectivity index (χ0v) is 17.3. The number of aromatic nitrogens is 2. The zero-order chi connectivity index (χ0) is 20.5. The predicted octanol–water partition coefficient (Wildman–Crippen LogP) is 5.82. The molecule has 0 aliphatic heterocycles. The summed E-state index contributed by atoms with van der Waals surface area (Å²) < 4.78 is 5.57. The van der Waals surface area contributed by atoms with Crippen LogP contribution in [0.1, 0.15) is 75.7 Å². The Bertz CT molecular complexity index is 721. The van der Waals surface area contributed by atoms with Crippen LogP contribution < -0.4 is 4.74 Å². The maximum Gasteiger partial charge on any atom is 0.205 e. The fraction of sp³-hybridized carbons (Fsp3) is 0.440. The molecule has 1 aromatic carbocycles. The summed E-state index contributed by atoms with van der Waals surface area (Å²) in [6.45, 7) is 5.08. The van der Waals surface area contributed by atoms with Crippen molar-refractivity contribution in [2.45, 2.75) is 65.2 Å². The maximum atomic E-state index is 5.57. The lowest BCUT2D eigenvalue weighted by molar-refractivity contribution is 0.317. The molecule has 0 fully saturated rings. The van der Waals surface area contributed by atoms with Crippen LogP contribution in [0, 0.1) is 24.7 Å². The molecule has 2 aromatic rings. The highest BCUT2D eigenvalue weighted by Gasteiger charge is 1.97. The molecule has 2 rings (SSSR count). The number of hydrogen-bond acceptors (Lipinski definition) is 3. The van der Waals surface area contributed by atoms with Gasteiger partial charge in [0.25, 0.3) is 0 Å². The van der Waals surface area contributed by atoms with Crippen LogP contribution in [0.3, 0.4) is 0 Å². The number of terminal acetylenes is 1. The van der Waals surface area contributed by atoms with E-state index in [1.807, 2.05) is 36.7 Å². The van der Waals surface area contributed by atoms with E-state index in [-0.39, 0.29) is 0 Å². The Kier molecular flexibility index (Phi) is 12.7. The summed E-state index contributed by atoms with van der Waals surface area (Å²) in [4.78, 5) is 8.74. The minimum Gasteiger partial charge on any atom is -0.494 e. The summed E-state index contributed by atoms with van der Waals surface area (Å²) in [5.41, 5.74) is 2.14. The van der Waals surface area contributed by atoms with E-state index in [4.69, 9.17) is 4.74 Å². The van der Waals surface area contributed by atoms with Crippen molar-refractivity contribution in [3.63, 3.8) is 0 Å². The summed E-state index contributed by atoms with van der Waals surface area (Å²) in [5, 5.41) is 0. The first kappa shape index (κ1) is 23.3. The molecule has 0 aliphatic rings. The van der Waals surface area contributed by atoms with Gasteiger partial charge in [-0.3, -0.25) is 0 Å². The fourth-order valence-electron chi connectivity index (χ4n) is 2.64. The van der Waals surface area contributed by atoms with Gasteiger partial charge in [0.05, 0.1) is 6.61 Å². The summed E-state index contributed by atoms with van der Waals surface area (Å²) >= 11 is 0. The lowest BCUT2D eigenvalue weighted by Crippen LogP contribution is -1.94. The smallest absolute Gasteiger partial charge is 0.205 e. The van der Waals surface area contributed by atoms with Crippen LogP contribution in [-0.2, 0) is 6.42 Å². The second-order valence-corrected chi connectivity index (χ2v) is 6.56. The molecule has 28 heavy (non-hydrogen) atoms. The van der Waals surface area contributed by atoms with Crippen LogP contribution in [0.4, 0.5) is 0 Å². The van der Waals surface area contributed by atoms with Crippen molar-refractivity contribution >= 4 is 0 Å². The molecule has 0 saturated heterocycles. The van der Waals surface area contributed by atoms with Gasteiger partial charge >= 0.3 is 0 Å². The number of benzene rings is 1. The molecule has 1 aromatic heterocycles. The molecule has 0 radical (unpaired) electrons. The van der Waals surface area contributed by atoms with E-state index in [1.54, 1.807) is 0 Å². The Balaban J connectivity index is 0.00000190. The van der Waals surface area contributed by atoms with Gasteiger partial charge in [-0.15, -0.1) is 12.8 Å². The van der Waals surface area contributed by atoms with Crippen molar-refractivity contribution < 1.29 is 4.74 Å². The van der Waals surface area contributed by atoms with E-state index in [0.717, 1.165) is 30.8 Å². The average Bonchev–Trinajstić information content (AvgIpc) is 2.76. The Morgan fingerprint density at radius 1 is 0.821 bits per heavy atom. The van der Waals surface area contributed by atoms with Gasteiger partial charge in [0.1, 0.15) is 5.75 Å². The first-order chi connectivity index (χ1) is 13.8. The van der Waals surface area contributed by atoms with Crippen molar-refractivity contribution in [1.82, 2.24) is 9.97 Å². The van der Waals surface area contributed by atoms with E-state index >= 15 is 0 Å². The molecule has 0 saturated carbocycles. The number of rotatable bonds is 10. The van der Waals surface area contributed by atoms with Crippen LogP contribution in [0.15, 0.2) is 36.7 Å². The van der Waals surface area contributed by atoms with Crippen molar-refractivity contribution in [2.24, 2.45) is 0 Å². The zero-order valence-electron chi connectivity index (χ0n) is 17.3. The minimum absolute atomic E-state index is 0.572. The number of hydrogen-bond donors (Lipinski definition) is 0. The minimum atomic E-state index is 0.572. The predicted molar refractivity (Wildman–Crippen MR) is 117 cm³/mol. The number of nitrogens with zero attached hydrogens (tertiary/aromatic N) is 2. The highest BCUT2D eigenvalue weighted by Crippen LogP contribution is 2.12. The van der Waals surface area contributed by atoms with E-state index in [1.165, 1.54) is 44.1 Å². The second kappa shape index (κ2) is 15.3. The van der Waals surface area contributed by atoms with Gasteiger partial charge in [-0.05, 0) is 55.0 Å². The standard InChI is InChI=1S/C23H30N2O.C2H2/c1-3-5-6-7-8-9-10-21-18-24-23(25-19-21)16-13-20-11-14-22(15-12-20)26-17-4-2;1-2/h11-12,14-15,18-19H,3-10,17H2,1-2H3;1-2H. The molecule has 148 valence electrons. The summed E-state index contributed by atoms with van der Waals surface area (Å²) in [6, 6.07) is 7.82. The molecule has 0 spiro atoms.